The van der Waals surface area contributed by atoms with Crippen LogP contribution < -0.4 is 14.2 Å². The van der Waals surface area contributed by atoms with Gasteiger partial charge in [0.05, 0.1) is 17.7 Å². The summed E-state index contributed by atoms with van der Waals surface area (Å²) in [6.07, 6.45) is 2.40. The number of amides is 1. The number of halogens is 1. The van der Waals surface area contributed by atoms with Crippen molar-refractivity contribution in [1.29, 1.82) is 5.41 Å². The summed E-state index contributed by atoms with van der Waals surface area (Å²) in [7, 11) is -2.17. The van der Waals surface area contributed by atoms with Crippen molar-refractivity contribution in [2.24, 2.45) is 10.1 Å². The van der Waals surface area contributed by atoms with Crippen molar-refractivity contribution in [3.63, 3.8) is 0 Å². The Bertz CT molecular complexity index is 1450. The molecule has 36 heavy (non-hydrogen) atoms. The van der Waals surface area contributed by atoms with E-state index in [4.69, 9.17) is 31.2 Å². The van der Waals surface area contributed by atoms with Gasteiger partial charge in [-0.25, -0.2) is 8.42 Å². The van der Waals surface area contributed by atoms with Crippen LogP contribution >= 0.6 is 23.4 Å². The van der Waals surface area contributed by atoms with Crippen LogP contribution in [0.15, 0.2) is 52.1 Å². The van der Waals surface area contributed by atoms with Crippen molar-refractivity contribution in [3.8, 4) is 17.2 Å². The molecule has 2 aromatic carbocycles. The van der Waals surface area contributed by atoms with Crippen LogP contribution in [0.25, 0.3) is 6.08 Å². The van der Waals surface area contributed by atoms with E-state index in [1.165, 1.54) is 13.2 Å². The van der Waals surface area contributed by atoms with Crippen LogP contribution in [0.3, 0.4) is 0 Å². The van der Waals surface area contributed by atoms with Gasteiger partial charge < -0.3 is 14.2 Å². The van der Waals surface area contributed by atoms with Gasteiger partial charge in [-0.2, -0.15) is 10.0 Å². The van der Waals surface area contributed by atoms with Crippen molar-refractivity contribution in [3.05, 3.63) is 58.1 Å². The average molecular weight is 549 g/mol. The predicted molar refractivity (Wildman–Crippen MR) is 140 cm³/mol. The van der Waals surface area contributed by atoms with Gasteiger partial charge in [-0.15, -0.1) is 5.10 Å². The third-order valence-electron chi connectivity index (χ3n) is 4.90. The van der Waals surface area contributed by atoms with Gasteiger partial charge in [0.1, 0.15) is 19.0 Å². The first-order chi connectivity index (χ1) is 17.1. The molecule has 0 radical (unpaired) electrons. The zero-order valence-corrected chi connectivity index (χ0v) is 21.8. The van der Waals surface area contributed by atoms with Gasteiger partial charge in [0, 0.05) is 6.26 Å². The molecule has 0 aliphatic carbocycles. The number of hydrogen-bond donors (Lipinski definition) is 1. The number of methoxy groups -OCH3 is 1. The van der Waals surface area contributed by atoms with Crippen LogP contribution in [0.4, 0.5) is 0 Å². The molecule has 0 aromatic heterocycles. The number of nitrogens with one attached hydrogen (secondary N) is 1. The van der Waals surface area contributed by atoms with E-state index in [0.717, 1.165) is 34.3 Å². The molecule has 0 bridgehead atoms. The third kappa shape index (κ3) is 5.55. The highest BCUT2D eigenvalue weighted by Crippen LogP contribution is 2.38. The molecule has 2 aliphatic heterocycles. The van der Waals surface area contributed by atoms with Crippen molar-refractivity contribution in [1.82, 2.24) is 5.01 Å². The number of ether oxygens (including phenoxy) is 3. The Morgan fingerprint density at radius 2 is 1.94 bits per heavy atom. The zero-order chi connectivity index (χ0) is 26.0. The maximum atomic E-state index is 12.6. The smallest absolute Gasteiger partial charge is 0.283 e. The first-order valence-corrected chi connectivity index (χ1v) is 13.6. The van der Waals surface area contributed by atoms with Crippen LogP contribution in [0, 0.1) is 12.3 Å². The Balaban J connectivity index is 1.51. The van der Waals surface area contributed by atoms with Crippen LogP contribution in [-0.4, -0.2) is 61.3 Å². The Hall–Kier alpha value is -3.35. The van der Waals surface area contributed by atoms with E-state index in [-0.39, 0.29) is 39.2 Å². The molecule has 2 aromatic rings. The van der Waals surface area contributed by atoms with Crippen LogP contribution in [0.1, 0.15) is 11.1 Å². The Morgan fingerprint density at radius 1 is 1.19 bits per heavy atom. The number of benzene rings is 2. The predicted octanol–water partition coefficient (Wildman–Crippen LogP) is 3.74. The summed E-state index contributed by atoms with van der Waals surface area (Å²) < 4.78 is 40.3. The number of rotatable bonds is 7. The lowest BCUT2D eigenvalue weighted by molar-refractivity contribution is -0.114. The number of aryl methyl sites for hydroxylation is 1. The molecular formula is C23H21ClN4O6S2. The Morgan fingerprint density at radius 3 is 2.64 bits per heavy atom. The number of carbonyl (C=O) groups is 1. The fraction of sp³-hybridized carbons (Fsp3) is 0.217. The Kier molecular flexibility index (Phi) is 7.38. The number of thioether (sulfide) groups is 1. The van der Waals surface area contributed by atoms with Crippen LogP contribution in [0.5, 0.6) is 17.2 Å². The van der Waals surface area contributed by atoms with E-state index >= 15 is 0 Å². The van der Waals surface area contributed by atoms with Gasteiger partial charge in [-0.1, -0.05) is 23.7 Å². The van der Waals surface area contributed by atoms with Crippen molar-refractivity contribution in [2.45, 2.75) is 6.92 Å². The summed E-state index contributed by atoms with van der Waals surface area (Å²) >= 11 is 7.15. The van der Waals surface area contributed by atoms with Crippen molar-refractivity contribution < 1.29 is 27.4 Å². The lowest BCUT2D eigenvalue weighted by Gasteiger charge is -2.20. The van der Waals surface area contributed by atoms with E-state index in [2.05, 4.69) is 10.1 Å². The third-order valence-corrected chi connectivity index (χ3v) is 7.76. The molecular weight excluding hydrogens is 528 g/mol. The Labute approximate surface area is 217 Å². The largest absolute Gasteiger partial charge is 0.493 e. The highest BCUT2D eigenvalue weighted by Gasteiger charge is 2.38. The summed E-state index contributed by atoms with van der Waals surface area (Å²) in [5, 5.41) is 13.5. The van der Waals surface area contributed by atoms with Gasteiger partial charge in [-0.05, 0) is 60.2 Å². The number of amidine groups is 2. The van der Waals surface area contributed by atoms with Gasteiger partial charge in [0.15, 0.2) is 17.3 Å². The number of sulfone groups is 1. The quantitative estimate of drug-likeness (QED) is 0.409. The first-order valence-electron chi connectivity index (χ1n) is 10.5. The SMILES string of the molecule is COc1cc(/C=C2/C(=N)N3N=C(S(C)(=O)=O)SC3=NC2=O)cc(Cl)c1OCCOc1cccc(C)c1. The minimum absolute atomic E-state index is 0.00909. The highest BCUT2D eigenvalue weighted by molar-refractivity contribution is 8.42. The van der Waals surface area contributed by atoms with Gasteiger partial charge in [-0.3, -0.25) is 10.2 Å². The summed E-state index contributed by atoms with van der Waals surface area (Å²) in [6.45, 7) is 2.46. The number of nitrogens with zero attached hydrogens (tertiary/aromatic N) is 3. The summed E-state index contributed by atoms with van der Waals surface area (Å²) in [4.78, 5) is 16.5. The lowest BCUT2D eigenvalue weighted by atomic mass is 10.1. The molecule has 1 N–H and O–H groups in total. The second-order valence-corrected chi connectivity index (χ2v) is 11.3. The number of hydrogen-bond acceptors (Lipinski definition) is 9. The standard InChI is InChI=1S/C23H21ClN4O6S2/c1-13-5-4-6-15(9-13)33-7-8-34-19-17(24)11-14(12-18(19)32-2)10-16-20(25)28-22(26-21(16)29)35-23(27-28)36(3,30)31/h4-6,9-12,25H,7-8H2,1-3H3/b16-10-,25-20?. The average Bonchev–Trinajstić information content (AvgIpc) is 3.25. The van der Waals surface area contributed by atoms with E-state index in [9.17, 15) is 13.2 Å². The summed E-state index contributed by atoms with van der Waals surface area (Å²) in [5.41, 5.74) is 1.45. The molecule has 0 fully saturated rings. The topological polar surface area (TPSA) is 131 Å². The molecule has 2 heterocycles. The van der Waals surface area contributed by atoms with Gasteiger partial charge in [0.25, 0.3) is 5.91 Å². The van der Waals surface area contributed by atoms with Crippen LogP contribution in [-0.2, 0) is 14.6 Å². The molecule has 13 heteroatoms. The van der Waals surface area contributed by atoms with E-state index < -0.39 is 15.7 Å². The fourth-order valence-electron chi connectivity index (χ4n) is 3.26. The highest BCUT2D eigenvalue weighted by atomic mass is 35.5. The minimum Gasteiger partial charge on any atom is -0.493 e. The van der Waals surface area contributed by atoms with Gasteiger partial charge >= 0.3 is 0 Å². The molecule has 0 spiro atoms. The second kappa shape index (κ2) is 10.3. The van der Waals surface area contributed by atoms with Crippen molar-refractivity contribution in [2.75, 3.05) is 26.6 Å². The second-order valence-electron chi connectivity index (χ2n) is 7.71. The van der Waals surface area contributed by atoms with Crippen molar-refractivity contribution >= 4 is 60.6 Å². The molecule has 0 saturated heterocycles. The molecule has 0 unspecified atom stereocenters. The van der Waals surface area contributed by atoms with E-state index in [1.807, 2.05) is 31.2 Å². The lowest BCUT2D eigenvalue weighted by Crippen LogP contribution is -2.35. The zero-order valence-electron chi connectivity index (χ0n) is 19.4. The van der Waals surface area contributed by atoms with Crippen LogP contribution in [0.2, 0.25) is 5.02 Å². The maximum Gasteiger partial charge on any atom is 0.283 e. The normalized spacial score (nSPS) is 16.6. The molecule has 188 valence electrons. The van der Waals surface area contributed by atoms with Gasteiger partial charge in [0.2, 0.25) is 19.4 Å². The monoisotopic (exact) mass is 548 g/mol. The van der Waals surface area contributed by atoms with E-state index in [1.54, 1.807) is 12.1 Å². The molecule has 1 amide bonds. The molecule has 0 atom stereocenters. The number of hydrazone groups is 1. The number of aliphatic imine (C=N–C) groups is 1. The maximum absolute atomic E-state index is 12.6. The minimum atomic E-state index is -3.62. The molecule has 0 saturated carbocycles. The summed E-state index contributed by atoms with van der Waals surface area (Å²) in [5.74, 6) is 0.344. The first kappa shape index (κ1) is 25.7. The molecule has 10 nitrogen and oxygen atoms in total. The van der Waals surface area contributed by atoms with E-state index in [0.29, 0.717) is 17.1 Å². The number of fused-ring (bicyclic) bond motifs is 1. The molecule has 4 rings (SSSR count). The fourth-order valence-corrected chi connectivity index (χ4v) is 5.22. The summed E-state index contributed by atoms with van der Waals surface area (Å²) in [6, 6.07) is 10.8. The molecule has 2 aliphatic rings. The number of carbonyl (C=O) groups excluding carboxylic acids is 1.